The number of carbonyl (C=O) groups excluding carboxylic acids is 2. The third-order valence-corrected chi connectivity index (χ3v) is 6.66. The molecule has 0 bridgehead atoms. The highest BCUT2D eigenvalue weighted by Gasteiger charge is 2.54. The number of hydrogen-bond donors (Lipinski definition) is 1. The predicted molar refractivity (Wildman–Crippen MR) is 120 cm³/mol. The lowest BCUT2D eigenvalue weighted by Gasteiger charge is -2.43. The number of likely N-dealkylation sites (tertiary alicyclic amines) is 1. The van der Waals surface area contributed by atoms with Gasteiger partial charge in [-0.05, 0) is 17.9 Å². The van der Waals surface area contributed by atoms with Gasteiger partial charge < -0.3 is 5.11 Å². The van der Waals surface area contributed by atoms with Crippen molar-refractivity contribution in [3.63, 3.8) is 0 Å². The highest BCUT2D eigenvalue weighted by Crippen LogP contribution is 2.34. The second-order valence-corrected chi connectivity index (χ2v) is 8.62. The van der Waals surface area contributed by atoms with E-state index in [0.29, 0.717) is 0 Å². The van der Waals surface area contributed by atoms with Crippen LogP contribution in [0.25, 0.3) is 0 Å². The zero-order valence-corrected chi connectivity index (χ0v) is 18.6. The van der Waals surface area contributed by atoms with Gasteiger partial charge in [0, 0.05) is 0 Å². The zero-order chi connectivity index (χ0) is 22.7. The molecule has 0 radical (unpaired) electrons. The lowest BCUT2D eigenvalue weighted by Crippen LogP contribution is -2.61. The molecule has 5 unspecified atom stereocenters. The Morgan fingerprint density at radius 2 is 1.75 bits per heavy atom. The minimum Gasteiger partial charge on any atom is -0.390 e. The molecule has 8 heteroatoms. The van der Waals surface area contributed by atoms with Crippen LogP contribution in [-0.2, 0) is 16.1 Å². The van der Waals surface area contributed by atoms with E-state index < -0.39 is 24.1 Å². The number of carbonyl (C=O) groups is 2. The van der Waals surface area contributed by atoms with Crippen molar-refractivity contribution < 1.29 is 14.7 Å². The summed E-state index contributed by atoms with van der Waals surface area (Å²) in [6.07, 6.45) is 9.86. The summed E-state index contributed by atoms with van der Waals surface area (Å²) >= 11 is 0. The predicted octanol–water partition coefficient (Wildman–Crippen LogP) is 2.29. The number of aliphatic hydroxyl groups is 1. The minimum absolute atomic E-state index is 0.0905. The maximum Gasteiger partial charge on any atom is 0.255 e. The molecule has 2 aromatic rings. The fraction of sp³-hybridized carbons (Fsp3) is 0.500. The van der Waals surface area contributed by atoms with Crippen molar-refractivity contribution in [2.75, 3.05) is 5.01 Å². The quantitative estimate of drug-likeness (QED) is 0.478. The Hall–Kier alpha value is -3.00. The molecule has 2 aliphatic rings. The van der Waals surface area contributed by atoms with Crippen LogP contribution in [0.3, 0.4) is 0 Å². The van der Waals surface area contributed by atoms with Crippen LogP contribution in [-0.4, -0.2) is 54.9 Å². The van der Waals surface area contributed by atoms with Gasteiger partial charge in [-0.1, -0.05) is 75.6 Å². The molecule has 1 aromatic heterocycles. The lowest BCUT2D eigenvalue weighted by molar-refractivity contribution is -0.140. The summed E-state index contributed by atoms with van der Waals surface area (Å²) in [6.45, 7) is 4.45. The van der Waals surface area contributed by atoms with Gasteiger partial charge in [-0.2, -0.15) is 0 Å². The van der Waals surface area contributed by atoms with E-state index in [1.807, 2.05) is 36.4 Å². The largest absolute Gasteiger partial charge is 0.390 e. The van der Waals surface area contributed by atoms with E-state index >= 15 is 0 Å². The number of fused-ring (bicyclic) bond motifs is 1. The highest BCUT2D eigenvalue weighted by molar-refractivity contribution is 6.09. The van der Waals surface area contributed by atoms with Gasteiger partial charge in [0.05, 0.1) is 24.6 Å². The number of rotatable bonds is 9. The van der Waals surface area contributed by atoms with Gasteiger partial charge in [0.25, 0.3) is 5.91 Å². The fourth-order valence-electron chi connectivity index (χ4n) is 4.88. The van der Waals surface area contributed by atoms with Crippen molar-refractivity contribution in [1.82, 2.24) is 19.8 Å². The maximum absolute atomic E-state index is 13.5. The number of aromatic nitrogens is 3. The number of imide groups is 1. The average Bonchev–Trinajstić information content (AvgIpc) is 3.43. The molecular formula is C24H31N5O3. The van der Waals surface area contributed by atoms with Gasteiger partial charge in [0.2, 0.25) is 5.91 Å². The molecule has 1 N–H and O–H groups in total. The average molecular weight is 438 g/mol. The maximum atomic E-state index is 13.5. The number of hydrogen-bond acceptors (Lipinski definition) is 6. The molecule has 0 saturated carbocycles. The normalized spacial score (nSPS) is 24.7. The van der Waals surface area contributed by atoms with Crippen molar-refractivity contribution >= 4 is 11.8 Å². The first kappa shape index (κ1) is 22.2. The summed E-state index contributed by atoms with van der Waals surface area (Å²) < 4.78 is 1.64. The van der Waals surface area contributed by atoms with Gasteiger partial charge >= 0.3 is 0 Å². The third-order valence-electron chi connectivity index (χ3n) is 6.66. The Labute approximate surface area is 188 Å². The molecule has 0 spiro atoms. The van der Waals surface area contributed by atoms with Gasteiger partial charge in [-0.15, -0.1) is 10.2 Å². The second kappa shape index (κ2) is 9.65. The zero-order valence-electron chi connectivity index (χ0n) is 18.6. The highest BCUT2D eigenvalue weighted by atomic mass is 16.3. The van der Waals surface area contributed by atoms with Crippen LogP contribution in [0.2, 0.25) is 0 Å². The first-order chi connectivity index (χ1) is 15.6. The van der Waals surface area contributed by atoms with Crippen molar-refractivity contribution in [1.29, 1.82) is 0 Å². The van der Waals surface area contributed by atoms with Gasteiger partial charge in [-0.3, -0.25) is 19.5 Å². The molecule has 4 rings (SSSR count). The number of unbranched alkanes of at least 4 members (excludes halogenated alkanes) is 1. The van der Waals surface area contributed by atoms with Crippen LogP contribution >= 0.6 is 0 Å². The SMILES string of the molecule is CCCCC(CC)C(O)C1C=CC2C(=O)N(Cc3ccccc3)C(=O)C2N1n1cnnc1. The van der Waals surface area contributed by atoms with Crippen LogP contribution in [0.5, 0.6) is 0 Å². The number of nitrogens with zero attached hydrogens (tertiary/aromatic N) is 5. The van der Waals surface area contributed by atoms with Crippen LogP contribution in [0.4, 0.5) is 0 Å². The van der Waals surface area contributed by atoms with E-state index in [1.54, 1.807) is 15.8 Å². The van der Waals surface area contributed by atoms with Crippen LogP contribution in [0, 0.1) is 11.8 Å². The number of benzene rings is 1. The number of aliphatic hydroxyl groups excluding tert-OH is 1. The summed E-state index contributed by atoms with van der Waals surface area (Å²) in [7, 11) is 0. The Morgan fingerprint density at radius 1 is 1.03 bits per heavy atom. The molecule has 32 heavy (non-hydrogen) atoms. The molecular weight excluding hydrogens is 406 g/mol. The molecule has 1 aromatic carbocycles. The molecule has 8 nitrogen and oxygen atoms in total. The van der Waals surface area contributed by atoms with Crippen molar-refractivity contribution in [2.45, 2.75) is 64.3 Å². The molecule has 1 fully saturated rings. The van der Waals surface area contributed by atoms with E-state index in [2.05, 4.69) is 24.0 Å². The van der Waals surface area contributed by atoms with Crippen LogP contribution in [0.15, 0.2) is 55.1 Å². The fourth-order valence-corrected chi connectivity index (χ4v) is 4.88. The van der Waals surface area contributed by atoms with Crippen LogP contribution < -0.4 is 5.01 Å². The molecule has 2 amide bonds. The van der Waals surface area contributed by atoms with E-state index in [1.165, 1.54) is 17.6 Å². The summed E-state index contributed by atoms with van der Waals surface area (Å²) in [6, 6.07) is 8.30. The van der Waals surface area contributed by atoms with Crippen molar-refractivity contribution in [3.8, 4) is 0 Å². The monoisotopic (exact) mass is 437 g/mol. The molecule has 3 heterocycles. The van der Waals surface area contributed by atoms with E-state index in [9.17, 15) is 14.7 Å². The number of amides is 2. The van der Waals surface area contributed by atoms with Crippen molar-refractivity contribution in [2.24, 2.45) is 11.8 Å². The van der Waals surface area contributed by atoms with Gasteiger partial charge in [0.1, 0.15) is 18.7 Å². The summed E-state index contributed by atoms with van der Waals surface area (Å²) in [5.41, 5.74) is 0.898. The Bertz CT molecular complexity index is 946. The standard InChI is InChI=1S/C24H31N5O3/c1-3-5-11-18(4-2)22(30)20-13-12-19-21(29(20)27-15-25-26-16-27)24(32)28(23(19)31)14-17-9-7-6-8-10-17/h6-10,12-13,15-16,18-22,30H,3-5,11,14H2,1-2H3. The van der Waals surface area contributed by atoms with Gasteiger partial charge in [-0.25, -0.2) is 4.68 Å². The van der Waals surface area contributed by atoms with E-state index in [0.717, 1.165) is 31.2 Å². The molecule has 1 saturated heterocycles. The summed E-state index contributed by atoms with van der Waals surface area (Å²) in [5.74, 6) is -0.995. The molecule has 170 valence electrons. The second-order valence-electron chi connectivity index (χ2n) is 8.62. The topological polar surface area (TPSA) is 91.6 Å². The summed E-state index contributed by atoms with van der Waals surface area (Å²) in [5, 5.41) is 20.9. The Morgan fingerprint density at radius 3 is 2.41 bits per heavy atom. The molecule has 2 aliphatic heterocycles. The first-order valence-corrected chi connectivity index (χ1v) is 11.5. The van der Waals surface area contributed by atoms with Crippen LogP contribution in [0.1, 0.15) is 45.1 Å². The van der Waals surface area contributed by atoms with E-state index in [-0.39, 0.29) is 24.3 Å². The summed E-state index contributed by atoms with van der Waals surface area (Å²) in [4.78, 5) is 28.1. The van der Waals surface area contributed by atoms with Gasteiger partial charge in [0.15, 0.2) is 0 Å². The van der Waals surface area contributed by atoms with E-state index in [4.69, 9.17) is 0 Å². The Kier molecular flexibility index (Phi) is 6.69. The minimum atomic E-state index is -0.740. The molecule has 0 aliphatic carbocycles. The molecule has 5 atom stereocenters. The Balaban J connectivity index is 1.66. The van der Waals surface area contributed by atoms with Crippen molar-refractivity contribution in [3.05, 3.63) is 60.7 Å². The lowest BCUT2D eigenvalue weighted by atomic mass is 9.85. The first-order valence-electron chi connectivity index (χ1n) is 11.5. The third kappa shape index (κ3) is 4.07. The smallest absolute Gasteiger partial charge is 0.255 e.